The van der Waals surface area contributed by atoms with Gasteiger partial charge in [-0.1, -0.05) is 131 Å². The van der Waals surface area contributed by atoms with Crippen molar-refractivity contribution in [2.45, 2.75) is 164 Å². The van der Waals surface area contributed by atoms with Gasteiger partial charge in [0.05, 0.1) is 19.1 Å². The highest BCUT2D eigenvalue weighted by Crippen LogP contribution is 2.21. The Labute approximate surface area is 231 Å². The molecule has 0 aromatic heterocycles. The molecule has 0 heterocycles. The summed E-state index contributed by atoms with van der Waals surface area (Å²) in [6.45, 7) is 14.4. The average Bonchev–Trinajstić information content (AvgIpc) is 2.85. The normalized spacial score (nSPS) is 13.2. The van der Waals surface area contributed by atoms with Gasteiger partial charge in [-0.05, 0) is 43.4 Å². The molecule has 37 heavy (non-hydrogen) atoms. The Morgan fingerprint density at radius 2 is 0.892 bits per heavy atom. The highest BCUT2D eigenvalue weighted by molar-refractivity contribution is 5.72. The van der Waals surface area contributed by atoms with Crippen LogP contribution in [0.4, 0.5) is 0 Å². The zero-order valence-electron chi connectivity index (χ0n) is 25.8. The Balaban J connectivity index is 3.48. The van der Waals surface area contributed by atoms with Gasteiger partial charge in [0.1, 0.15) is 0 Å². The summed E-state index contributed by atoms with van der Waals surface area (Å²) < 4.78 is 10.9. The van der Waals surface area contributed by atoms with Gasteiger partial charge in [0.2, 0.25) is 0 Å². The third kappa shape index (κ3) is 25.0. The lowest BCUT2D eigenvalue weighted by Crippen LogP contribution is -2.22. The minimum Gasteiger partial charge on any atom is -0.466 e. The molecular weight excluding hydrogens is 460 g/mol. The first-order valence-electron chi connectivity index (χ1n) is 16.1. The van der Waals surface area contributed by atoms with Gasteiger partial charge < -0.3 is 9.47 Å². The van der Waals surface area contributed by atoms with E-state index < -0.39 is 0 Å². The maximum atomic E-state index is 12.3. The maximum absolute atomic E-state index is 12.3. The molecule has 4 heteroatoms. The molecule has 0 amide bonds. The van der Waals surface area contributed by atoms with Crippen molar-refractivity contribution in [1.29, 1.82) is 0 Å². The fourth-order valence-corrected chi connectivity index (χ4v) is 4.68. The van der Waals surface area contributed by atoms with Crippen molar-refractivity contribution in [1.82, 2.24) is 0 Å². The zero-order chi connectivity index (χ0) is 27.7. The van der Waals surface area contributed by atoms with Crippen LogP contribution in [-0.2, 0) is 19.1 Å². The molecule has 0 fully saturated rings. The summed E-state index contributed by atoms with van der Waals surface area (Å²) in [5, 5.41) is 0. The molecule has 0 aromatic rings. The molecule has 0 aromatic carbocycles. The van der Waals surface area contributed by atoms with Crippen LogP contribution in [0.25, 0.3) is 0 Å². The Bertz CT molecular complexity index is 528. The summed E-state index contributed by atoms with van der Waals surface area (Å²) in [6, 6.07) is 0. The lowest BCUT2D eigenvalue weighted by atomic mass is 9.90. The molecule has 0 N–H and O–H groups in total. The van der Waals surface area contributed by atoms with E-state index in [1.54, 1.807) is 0 Å². The van der Waals surface area contributed by atoms with Crippen LogP contribution in [0.15, 0.2) is 0 Å². The van der Waals surface area contributed by atoms with Gasteiger partial charge in [-0.15, -0.1) is 0 Å². The van der Waals surface area contributed by atoms with Crippen molar-refractivity contribution >= 4 is 11.9 Å². The summed E-state index contributed by atoms with van der Waals surface area (Å²) in [6.07, 6.45) is 21.9. The van der Waals surface area contributed by atoms with Gasteiger partial charge in [0.15, 0.2) is 0 Å². The van der Waals surface area contributed by atoms with Crippen LogP contribution in [-0.4, -0.2) is 25.2 Å². The van der Waals surface area contributed by atoms with E-state index in [0.29, 0.717) is 25.6 Å². The van der Waals surface area contributed by atoms with Gasteiger partial charge >= 0.3 is 11.9 Å². The number of carbonyl (C=O) groups is 2. The van der Waals surface area contributed by atoms with Crippen molar-refractivity contribution in [2.75, 3.05) is 13.2 Å². The largest absolute Gasteiger partial charge is 0.466 e. The van der Waals surface area contributed by atoms with Gasteiger partial charge in [0, 0.05) is 6.42 Å². The molecule has 0 saturated heterocycles. The van der Waals surface area contributed by atoms with Crippen LogP contribution in [0, 0.1) is 23.7 Å². The fourth-order valence-electron chi connectivity index (χ4n) is 4.68. The van der Waals surface area contributed by atoms with Crippen molar-refractivity contribution < 1.29 is 19.1 Å². The smallest absolute Gasteiger partial charge is 0.308 e. The summed E-state index contributed by atoms with van der Waals surface area (Å²) in [4.78, 5) is 24.1. The van der Waals surface area contributed by atoms with E-state index in [2.05, 4.69) is 34.6 Å². The van der Waals surface area contributed by atoms with Gasteiger partial charge in [0.25, 0.3) is 0 Å². The first-order chi connectivity index (χ1) is 17.7. The van der Waals surface area contributed by atoms with E-state index in [9.17, 15) is 9.59 Å². The molecule has 0 aliphatic heterocycles. The van der Waals surface area contributed by atoms with Crippen LogP contribution in [0.1, 0.15) is 164 Å². The van der Waals surface area contributed by atoms with Gasteiger partial charge in [-0.2, -0.15) is 0 Å². The third-order valence-electron chi connectivity index (χ3n) is 7.62. The molecular formula is C33H64O4. The molecule has 4 nitrogen and oxygen atoms in total. The lowest BCUT2D eigenvalue weighted by Gasteiger charge is -2.18. The molecule has 2 atom stereocenters. The summed E-state index contributed by atoms with van der Waals surface area (Å²) in [5.74, 6) is 1.89. The SMILES string of the molecule is CC(C)CCCCCOC(=O)CCCCCCCCCCCC(C)C(C)C(=O)OCCCCCC(C)C. The number of hydrogen-bond donors (Lipinski definition) is 0. The Kier molecular flexibility index (Phi) is 24.5. The van der Waals surface area contributed by atoms with E-state index in [-0.39, 0.29) is 17.9 Å². The second-order valence-corrected chi connectivity index (χ2v) is 12.4. The maximum Gasteiger partial charge on any atom is 0.308 e. The highest BCUT2D eigenvalue weighted by atomic mass is 16.5. The van der Waals surface area contributed by atoms with E-state index >= 15 is 0 Å². The highest BCUT2D eigenvalue weighted by Gasteiger charge is 2.21. The van der Waals surface area contributed by atoms with E-state index in [4.69, 9.17) is 9.47 Å². The average molecular weight is 525 g/mol. The van der Waals surface area contributed by atoms with E-state index in [1.165, 1.54) is 70.6 Å². The summed E-state index contributed by atoms with van der Waals surface area (Å²) >= 11 is 0. The fraction of sp³-hybridized carbons (Fsp3) is 0.939. The summed E-state index contributed by atoms with van der Waals surface area (Å²) in [5.41, 5.74) is 0. The second-order valence-electron chi connectivity index (χ2n) is 12.4. The topological polar surface area (TPSA) is 52.6 Å². The molecule has 0 aliphatic carbocycles. The Morgan fingerprint density at radius 3 is 1.41 bits per heavy atom. The predicted octanol–water partition coefficient (Wildman–Crippen LogP) is 10.1. The molecule has 0 bridgehead atoms. The van der Waals surface area contributed by atoms with Crippen LogP contribution < -0.4 is 0 Å². The van der Waals surface area contributed by atoms with Crippen molar-refractivity contribution in [3.05, 3.63) is 0 Å². The van der Waals surface area contributed by atoms with Crippen LogP contribution >= 0.6 is 0 Å². The number of carbonyl (C=O) groups excluding carboxylic acids is 2. The molecule has 0 aliphatic rings. The quantitative estimate of drug-likeness (QED) is 0.0834. The standard InChI is InChI=1S/C33H64O4/c1-28(2)22-16-14-20-26-36-32(34)25-19-13-11-9-7-8-10-12-18-24-30(5)31(6)33(35)37-27-21-15-17-23-29(3)4/h28-31H,7-27H2,1-6H3. The first kappa shape index (κ1) is 35.9. The third-order valence-corrected chi connectivity index (χ3v) is 7.62. The molecule has 2 unspecified atom stereocenters. The number of esters is 2. The van der Waals surface area contributed by atoms with Crippen molar-refractivity contribution in [3.8, 4) is 0 Å². The zero-order valence-corrected chi connectivity index (χ0v) is 25.8. The lowest BCUT2D eigenvalue weighted by molar-refractivity contribution is -0.150. The van der Waals surface area contributed by atoms with E-state index in [1.807, 2.05) is 6.92 Å². The minimum absolute atomic E-state index is 0.00246. The molecule has 220 valence electrons. The van der Waals surface area contributed by atoms with Crippen molar-refractivity contribution in [2.24, 2.45) is 23.7 Å². The van der Waals surface area contributed by atoms with Crippen LogP contribution in [0.5, 0.6) is 0 Å². The van der Waals surface area contributed by atoms with Gasteiger partial charge in [-0.3, -0.25) is 9.59 Å². The second kappa shape index (κ2) is 25.2. The van der Waals surface area contributed by atoms with Crippen LogP contribution in [0.3, 0.4) is 0 Å². The van der Waals surface area contributed by atoms with Gasteiger partial charge in [-0.25, -0.2) is 0 Å². The monoisotopic (exact) mass is 524 g/mol. The Morgan fingerprint density at radius 1 is 0.486 bits per heavy atom. The van der Waals surface area contributed by atoms with Crippen LogP contribution in [0.2, 0.25) is 0 Å². The number of rotatable bonds is 26. The van der Waals surface area contributed by atoms with Crippen molar-refractivity contribution in [3.63, 3.8) is 0 Å². The molecule has 0 radical (unpaired) electrons. The molecule has 0 rings (SSSR count). The molecule has 0 saturated carbocycles. The number of hydrogen-bond acceptors (Lipinski definition) is 4. The molecule has 0 spiro atoms. The first-order valence-corrected chi connectivity index (χ1v) is 16.1. The Hall–Kier alpha value is -1.06. The number of unbranched alkanes of at least 4 members (excludes halogenated alkanes) is 12. The summed E-state index contributed by atoms with van der Waals surface area (Å²) in [7, 11) is 0. The van der Waals surface area contributed by atoms with E-state index in [0.717, 1.165) is 56.8 Å². The minimum atomic E-state index is -0.0160. The predicted molar refractivity (Wildman–Crippen MR) is 158 cm³/mol. The number of ether oxygens (including phenoxy) is 2.